The molecule has 0 radical (unpaired) electrons. The molecule has 2 rings (SSSR count). The van der Waals surface area contributed by atoms with Crippen molar-refractivity contribution in [3.8, 4) is 5.75 Å². The lowest BCUT2D eigenvalue weighted by Crippen LogP contribution is -2.27. The van der Waals surface area contributed by atoms with E-state index in [0.29, 0.717) is 19.1 Å². The SMILES string of the molecule is CC(C)CCOc1ccccc1CNC(=O)CC(N)c1ccccc1.Cl. The first kappa shape index (κ1) is 22.0. The maximum absolute atomic E-state index is 12.2. The van der Waals surface area contributed by atoms with Crippen LogP contribution in [0.3, 0.4) is 0 Å². The van der Waals surface area contributed by atoms with Crippen LogP contribution in [0.1, 0.15) is 43.9 Å². The number of benzene rings is 2. The van der Waals surface area contributed by atoms with Crippen molar-refractivity contribution in [2.24, 2.45) is 11.7 Å². The molecule has 2 aromatic rings. The Balaban J connectivity index is 0.00000338. The monoisotopic (exact) mass is 376 g/mol. The fourth-order valence-electron chi connectivity index (χ4n) is 2.48. The zero-order chi connectivity index (χ0) is 18.1. The molecule has 4 nitrogen and oxygen atoms in total. The molecule has 0 aliphatic rings. The molecule has 0 saturated heterocycles. The van der Waals surface area contributed by atoms with Gasteiger partial charge in [0.05, 0.1) is 6.61 Å². The summed E-state index contributed by atoms with van der Waals surface area (Å²) in [6.07, 6.45) is 1.27. The van der Waals surface area contributed by atoms with Gasteiger partial charge in [0.25, 0.3) is 0 Å². The average molecular weight is 377 g/mol. The highest BCUT2D eigenvalue weighted by molar-refractivity contribution is 5.85. The van der Waals surface area contributed by atoms with E-state index in [0.717, 1.165) is 23.3 Å². The maximum Gasteiger partial charge on any atom is 0.222 e. The molecule has 0 fully saturated rings. The topological polar surface area (TPSA) is 64.3 Å². The van der Waals surface area contributed by atoms with Gasteiger partial charge in [0.1, 0.15) is 5.75 Å². The molecule has 142 valence electrons. The summed E-state index contributed by atoms with van der Waals surface area (Å²) in [4.78, 5) is 12.2. The summed E-state index contributed by atoms with van der Waals surface area (Å²) in [5.41, 5.74) is 8.05. The molecule has 0 heterocycles. The number of carbonyl (C=O) groups is 1. The first-order valence-electron chi connectivity index (χ1n) is 8.84. The predicted molar refractivity (Wildman–Crippen MR) is 108 cm³/mol. The van der Waals surface area contributed by atoms with Crippen molar-refractivity contribution in [2.75, 3.05) is 6.61 Å². The van der Waals surface area contributed by atoms with Crippen molar-refractivity contribution in [2.45, 2.75) is 39.3 Å². The summed E-state index contributed by atoms with van der Waals surface area (Å²) < 4.78 is 5.85. The molecular weight excluding hydrogens is 348 g/mol. The molecule has 0 aliphatic heterocycles. The van der Waals surface area contributed by atoms with E-state index < -0.39 is 0 Å². The Kier molecular flexibility index (Phi) is 9.78. The highest BCUT2D eigenvalue weighted by Crippen LogP contribution is 2.19. The van der Waals surface area contributed by atoms with Gasteiger partial charge in [-0.15, -0.1) is 12.4 Å². The van der Waals surface area contributed by atoms with Gasteiger partial charge in [-0.1, -0.05) is 62.4 Å². The van der Waals surface area contributed by atoms with Crippen LogP contribution < -0.4 is 15.8 Å². The van der Waals surface area contributed by atoms with Gasteiger partial charge in [0, 0.05) is 24.6 Å². The van der Waals surface area contributed by atoms with Gasteiger partial charge in [-0.05, 0) is 24.0 Å². The standard InChI is InChI=1S/C21H28N2O2.ClH/c1-16(2)12-13-25-20-11-7-6-10-18(20)15-23-21(24)14-19(22)17-8-4-3-5-9-17;/h3-11,16,19H,12-15,22H2,1-2H3,(H,23,24);1H. The van der Waals surface area contributed by atoms with Crippen LogP contribution in [0, 0.1) is 5.92 Å². The molecule has 26 heavy (non-hydrogen) atoms. The lowest BCUT2D eigenvalue weighted by atomic mass is 10.0. The molecule has 0 aromatic heterocycles. The number of hydrogen-bond donors (Lipinski definition) is 2. The van der Waals surface area contributed by atoms with E-state index in [2.05, 4.69) is 19.2 Å². The number of halogens is 1. The molecule has 2 aromatic carbocycles. The quantitative estimate of drug-likeness (QED) is 0.688. The van der Waals surface area contributed by atoms with Crippen LogP contribution in [0.15, 0.2) is 54.6 Å². The smallest absolute Gasteiger partial charge is 0.222 e. The number of carbonyl (C=O) groups excluding carboxylic acids is 1. The van der Waals surface area contributed by atoms with Crippen LogP contribution in [0.25, 0.3) is 0 Å². The van der Waals surface area contributed by atoms with E-state index in [4.69, 9.17) is 10.5 Å². The molecule has 1 amide bonds. The minimum absolute atomic E-state index is 0. The predicted octanol–water partition coefficient (Wildman–Crippen LogP) is 4.24. The zero-order valence-electron chi connectivity index (χ0n) is 15.5. The van der Waals surface area contributed by atoms with Crippen LogP contribution in [-0.2, 0) is 11.3 Å². The van der Waals surface area contributed by atoms with Gasteiger partial charge >= 0.3 is 0 Å². The molecule has 1 atom stereocenters. The van der Waals surface area contributed by atoms with Crippen molar-refractivity contribution < 1.29 is 9.53 Å². The molecule has 0 saturated carbocycles. The van der Waals surface area contributed by atoms with Gasteiger partial charge in [0.15, 0.2) is 0 Å². The summed E-state index contributed by atoms with van der Waals surface area (Å²) in [7, 11) is 0. The van der Waals surface area contributed by atoms with Gasteiger partial charge in [-0.25, -0.2) is 0 Å². The first-order chi connectivity index (χ1) is 12.1. The summed E-state index contributed by atoms with van der Waals surface area (Å²) in [6.45, 7) is 5.47. The number of hydrogen-bond acceptors (Lipinski definition) is 3. The van der Waals surface area contributed by atoms with E-state index in [-0.39, 0.29) is 30.8 Å². The van der Waals surface area contributed by atoms with Crippen LogP contribution in [0.4, 0.5) is 0 Å². The second-order valence-electron chi connectivity index (χ2n) is 6.64. The van der Waals surface area contributed by atoms with Crippen LogP contribution in [0.5, 0.6) is 5.75 Å². The number of nitrogens with two attached hydrogens (primary N) is 1. The number of nitrogens with one attached hydrogen (secondary N) is 1. The van der Waals surface area contributed by atoms with Gasteiger partial charge in [-0.2, -0.15) is 0 Å². The Morgan fingerprint density at radius 1 is 1.08 bits per heavy atom. The van der Waals surface area contributed by atoms with Crippen molar-refractivity contribution in [3.63, 3.8) is 0 Å². The summed E-state index contributed by atoms with van der Waals surface area (Å²) >= 11 is 0. The number of amides is 1. The average Bonchev–Trinajstić information content (AvgIpc) is 2.61. The third kappa shape index (κ3) is 7.46. The molecule has 3 N–H and O–H groups in total. The van der Waals surface area contributed by atoms with Gasteiger partial charge in [-0.3, -0.25) is 4.79 Å². The highest BCUT2D eigenvalue weighted by Gasteiger charge is 2.12. The lowest BCUT2D eigenvalue weighted by Gasteiger charge is -2.14. The summed E-state index contributed by atoms with van der Waals surface area (Å²) in [5.74, 6) is 1.37. The lowest BCUT2D eigenvalue weighted by molar-refractivity contribution is -0.121. The van der Waals surface area contributed by atoms with E-state index in [1.165, 1.54) is 0 Å². The summed E-state index contributed by atoms with van der Waals surface area (Å²) in [6, 6.07) is 17.2. The second kappa shape index (κ2) is 11.6. The Morgan fingerprint density at radius 3 is 2.42 bits per heavy atom. The number of para-hydroxylation sites is 1. The van der Waals surface area contributed by atoms with Crippen molar-refractivity contribution in [1.29, 1.82) is 0 Å². The van der Waals surface area contributed by atoms with Gasteiger partial charge < -0.3 is 15.8 Å². The van der Waals surface area contributed by atoms with E-state index in [1.807, 2.05) is 54.6 Å². The Hall–Kier alpha value is -2.04. The fourth-order valence-corrected chi connectivity index (χ4v) is 2.48. The Labute approximate surface area is 162 Å². The normalized spacial score (nSPS) is 11.5. The molecule has 0 aliphatic carbocycles. The largest absolute Gasteiger partial charge is 0.493 e. The van der Waals surface area contributed by atoms with E-state index in [1.54, 1.807) is 0 Å². The summed E-state index contributed by atoms with van der Waals surface area (Å²) in [5, 5.41) is 2.94. The number of rotatable bonds is 9. The molecule has 0 bridgehead atoms. The third-order valence-electron chi connectivity index (χ3n) is 4.03. The van der Waals surface area contributed by atoms with Gasteiger partial charge in [0.2, 0.25) is 5.91 Å². The van der Waals surface area contributed by atoms with Crippen molar-refractivity contribution >= 4 is 18.3 Å². The molecule has 1 unspecified atom stereocenters. The van der Waals surface area contributed by atoms with Crippen LogP contribution >= 0.6 is 12.4 Å². The minimum atomic E-state index is -0.293. The fraction of sp³-hybridized carbons (Fsp3) is 0.381. The third-order valence-corrected chi connectivity index (χ3v) is 4.03. The van der Waals surface area contributed by atoms with Crippen molar-refractivity contribution in [1.82, 2.24) is 5.32 Å². The Morgan fingerprint density at radius 2 is 1.73 bits per heavy atom. The van der Waals surface area contributed by atoms with E-state index >= 15 is 0 Å². The molecule has 5 heteroatoms. The first-order valence-corrected chi connectivity index (χ1v) is 8.84. The maximum atomic E-state index is 12.2. The zero-order valence-corrected chi connectivity index (χ0v) is 16.3. The second-order valence-corrected chi connectivity index (χ2v) is 6.64. The minimum Gasteiger partial charge on any atom is -0.493 e. The van der Waals surface area contributed by atoms with Crippen LogP contribution in [-0.4, -0.2) is 12.5 Å². The molecule has 0 spiro atoms. The highest BCUT2D eigenvalue weighted by atomic mass is 35.5. The Bertz CT molecular complexity index is 662. The number of ether oxygens (including phenoxy) is 1. The molecular formula is C21H29ClN2O2. The van der Waals surface area contributed by atoms with Crippen molar-refractivity contribution in [3.05, 3.63) is 65.7 Å². The van der Waals surface area contributed by atoms with Crippen LogP contribution in [0.2, 0.25) is 0 Å². The van der Waals surface area contributed by atoms with E-state index in [9.17, 15) is 4.79 Å².